The van der Waals surface area contributed by atoms with Crippen molar-refractivity contribution in [1.29, 1.82) is 0 Å². The van der Waals surface area contributed by atoms with Gasteiger partial charge in [-0.2, -0.15) is 0 Å². The van der Waals surface area contributed by atoms with Gasteiger partial charge in [0.2, 0.25) is 0 Å². The normalized spacial score (nSPS) is 11.6. The Morgan fingerprint density at radius 3 is 2.50 bits per heavy atom. The lowest BCUT2D eigenvalue weighted by atomic mass is 10.1. The third-order valence-electron chi connectivity index (χ3n) is 3.21. The number of hydrogen-bond acceptors (Lipinski definition) is 3. The Hall–Kier alpha value is -2.11. The van der Waals surface area contributed by atoms with E-state index in [1.165, 1.54) is 19.2 Å². The van der Waals surface area contributed by atoms with E-state index in [4.69, 9.17) is 4.74 Å². The predicted molar refractivity (Wildman–Crippen MR) is 82.0 cm³/mol. The average molecular weight is 310 g/mol. The highest BCUT2D eigenvalue weighted by molar-refractivity contribution is 5.83. The Morgan fingerprint density at radius 1 is 1.23 bits per heavy atom. The van der Waals surface area contributed by atoms with E-state index in [-0.39, 0.29) is 12.2 Å². The van der Waals surface area contributed by atoms with E-state index < -0.39 is 18.0 Å². The largest absolute Gasteiger partial charge is 0.467 e. The average Bonchev–Trinajstić information content (AvgIpc) is 2.52. The van der Waals surface area contributed by atoms with Crippen LogP contribution in [0.5, 0.6) is 0 Å². The lowest BCUT2D eigenvalue weighted by molar-refractivity contribution is -0.142. The minimum Gasteiger partial charge on any atom is -0.467 e. The van der Waals surface area contributed by atoms with E-state index in [1.54, 1.807) is 12.1 Å². The van der Waals surface area contributed by atoms with Crippen molar-refractivity contribution < 1.29 is 18.7 Å². The summed E-state index contributed by atoms with van der Waals surface area (Å²) in [6, 6.07) is 4.57. The summed E-state index contributed by atoms with van der Waals surface area (Å²) in [5.74, 6) is -0.881. The van der Waals surface area contributed by atoms with Crippen LogP contribution in [0.3, 0.4) is 0 Å². The fourth-order valence-electron chi connectivity index (χ4n) is 1.98. The van der Waals surface area contributed by atoms with E-state index in [2.05, 4.69) is 17.6 Å². The third kappa shape index (κ3) is 6.56. The number of unbranched alkanes of at least 4 members (excludes halogenated alkanes) is 2. The van der Waals surface area contributed by atoms with E-state index >= 15 is 0 Å². The van der Waals surface area contributed by atoms with E-state index in [9.17, 15) is 14.0 Å². The van der Waals surface area contributed by atoms with Gasteiger partial charge in [-0.1, -0.05) is 31.9 Å². The molecule has 0 fully saturated rings. The Bertz CT molecular complexity index is 477. The first-order valence-corrected chi connectivity index (χ1v) is 7.43. The fourth-order valence-corrected chi connectivity index (χ4v) is 1.98. The van der Waals surface area contributed by atoms with Gasteiger partial charge >= 0.3 is 12.0 Å². The molecule has 1 aromatic carbocycles. The highest BCUT2D eigenvalue weighted by Crippen LogP contribution is 2.07. The van der Waals surface area contributed by atoms with Crippen molar-refractivity contribution in [2.75, 3.05) is 13.7 Å². The summed E-state index contributed by atoms with van der Waals surface area (Å²) in [6.45, 7) is 2.64. The molecule has 0 radical (unpaired) electrons. The van der Waals surface area contributed by atoms with Crippen LogP contribution in [0.2, 0.25) is 0 Å². The first-order valence-electron chi connectivity index (χ1n) is 7.43. The number of hydrogen-bond donors (Lipinski definition) is 2. The van der Waals surface area contributed by atoms with Gasteiger partial charge in [0.1, 0.15) is 11.9 Å². The number of ether oxygens (including phenoxy) is 1. The number of carbonyl (C=O) groups excluding carboxylic acids is 2. The topological polar surface area (TPSA) is 67.4 Å². The second-order valence-corrected chi connectivity index (χ2v) is 5.01. The molecule has 1 aromatic rings. The van der Waals surface area contributed by atoms with Crippen LogP contribution in [0, 0.1) is 5.82 Å². The number of amides is 2. The van der Waals surface area contributed by atoms with Crippen LogP contribution >= 0.6 is 0 Å². The molecule has 22 heavy (non-hydrogen) atoms. The molecule has 0 saturated heterocycles. The summed E-state index contributed by atoms with van der Waals surface area (Å²) in [6.07, 6.45) is 3.25. The van der Waals surface area contributed by atoms with Crippen LogP contribution in [0.1, 0.15) is 31.7 Å². The summed E-state index contributed by atoms with van der Waals surface area (Å²) in [7, 11) is 1.26. The minimum absolute atomic E-state index is 0.245. The summed E-state index contributed by atoms with van der Waals surface area (Å²) < 4.78 is 17.6. The van der Waals surface area contributed by atoms with Gasteiger partial charge < -0.3 is 15.4 Å². The molecule has 0 bridgehead atoms. The molecule has 1 unspecified atom stereocenters. The summed E-state index contributed by atoms with van der Waals surface area (Å²) >= 11 is 0. The van der Waals surface area contributed by atoms with Gasteiger partial charge in [-0.15, -0.1) is 0 Å². The van der Waals surface area contributed by atoms with Crippen molar-refractivity contribution in [2.45, 2.75) is 38.6 Å². The lowest BCUT2D eigenvalue weighted by Gasteiger charge is -2.17. The van der Waals surface area contributed by atoms with Crippen LogP contribution in [0.15, 0.2) is 24.3 Å². The van der Waals surface area contributed by atoms with Crippen molar-refractivity contribution in [3.8, 4) is 0 Å². The molecule has 0 spiro atoms. The summed E-state index contributed by atoms with van der Waals surface area (Å²) in [5, 5.41) is 5.29. The van der Waals surface area contributed by atoms with Crippen LogP contribution in [-0.2, 0) is 16.0 Å². The fraction of sp³-hybridized carbons (Fsp3) is 0.500. The van der Waals surface area contributed by atoms with Gasteiger partial charge in [-0.3, -0.25) is 0 Å². The number of benzene rings is 1. The second kappa shape index (κ2) is 9.76. The monoisotopic (exact) mass is 310 g/mol. The molecule has 1 atom stereocenters. The zero-order valence-electron chi connectivity index (χ0n) is 13.0. The molecule has 6 heteroatoms. The molecule has 0 aliphatic rings. The van der Waals surface area contributed by atoms with Gasteiger partial charge in [0.25, 0.3) is 0 Å². The van der Waals surface area contributed by atoms with Gasteiger partial charge in [-0.05, 0) is 24.1 Å². The van der Waals surface area contributed by atoms with Crippen LogP contribution < -0.4 is 10.6 Å². The number of rotatable bonds is 8. The Morgan fingerprint density at radius 2 is 1.91 bits per heavy atom. The van der Waals surface area contributed by atoms with E-state index in [1.807, 2.05) is 0 Å². The van der Waals surface area contributed by atoms with Gasteiger partial charge in [-0.25, -0.2) is 14.0 Å². The number of urea groups is 1. The smallest absolute Gasteiger partial charge is 0.328 e. The van der Waals surface area contributed by atoms with Crippen molar-refractivity contribution in [1.82, 2.24) is 10.6 Å². The molecule has 0 aromatic heterocycles. The zero-order chi connectivity index (χ0) is 16.4. The van der Waals surface area contributed by atoms with Gasteiger partial charge in [0.15, 0.2) is 0 Å². The maximum absolute atomic E-state index is 12.9. The van der Waals surface area contributed by atoms with Gasteiger partial charge in [0, 0.05) is 13.0 Å². The maximum Gasteiger partial charge on any atom is 0.328 e. The molecular formula is C16H23FN2O3. The first kappa shape index (κ1) is 17.9. The quantitative estimate of drug-likeness (QED) is 0.572. The standard InChI is InChI=1S/C16H23FN2O3/c1-3-4-5-10-18-16(21)19-14(15(20)22-2)11-12-6-8-13(17)9-7-12/h6-9,14H,3-5,10-11H2,1-2H3,(H2,18,19,21). The number of methoxy groups -OCH3 is 1. The maximum atomic E-state index is 12.9. The van der Waals surface area contributed by atoms with Gasteiger partial charge in [0.05, 0.1) is 7.11 Å². The molecule has 1 rings (SSSR count). The minimum atomic E-state index is -0.804. The number of carbonyl (C=O) groups is 2. The molecule has 0 heterocycles. The molecular weight excluding hydrogens is 287 g/mol. The summed E-state index contributed by atoms with van der Waals surface area (Å²) in [4.78, 5) is 23.5. The van der Waals surface area contributed by atoms with Crippen molar-refractivity contribution in [3.05, 3.63) is 35.6 Å². The molecule has 0 aliphatic carbocycles. The molecule has 0 saturated carbocycles. The molecule has 122 valence electrons. The SMILES string of the molecule is CCCCCNC(=O)NC(Cc1ccc(F)cc1)C(=O)OC. The second-order valence-electron chi connectivity index (χ2n) is 5.01. The molecule has 5 nitrogen and oxygen atoms in total. The Balaban J connectivity index is 2.55. The van der Waals surface area contributed by atoms with Crippen LogP contribution in [0.25, 0.3) is 0 Å². The highest BCUT2D eigenvalue weighted by Gasteiger charge is 2.21. The molecule has 0 aliphatic heterocycles. The van der Waals surface area contributed by atoms with Crippen molar-refractivity contribution >= 4 is 12.0 Å². The van der Waals surface area contributed by atoms with E-state index in [0.717, 1.165) is 24.8 Å². The predicted octanol–water partition coefficient (Wildman–Crippen LogP) is 2.40. The van der Waals surface area contributed by atoms with E-state index in [0.29, 0.717) is 6.54 Å². The molecule has 2 amide bonds. The Kier molecular flexibility index (Phi) is 7.96. The van der Waals surface area contributed by atoms with Crippen molar-refractivity contribution in [2.24, 2.45) is 0 Å². The Labute approximate surface area is 130 Å². The number of nitrogens with one attached hydrogen (secondary N) is 2. The lowest BCUT2D eigenvalue weighted by Crippen LogP contribution is -2.47. The summed E-state index contributed by atoms with van der Waals surface area (Å²) in [5.41, 5.74) is 0.739. The number of esters is 1. The first-order chi connectivity index (χ1) is 10.6. The van der Waals surface area contributed by atoms with Crippen LogP contribution in [-0.4, -0.2) is 31.7 Å². The molecule has 2 N–H and O–H groups in total. The zero-order valence-corrected chi connectivity index (χ0v) is 13.0. The highest BCUT2D eigenvalue weighted by atomic mass is 19.1. The van der Waals surface area contributed by atoms with Crippen LogP contribution in [0.4, 0.5) is 9.18 Å². The third-order valence-corrected chi connectivity index (χ3v) is 3.21. The number of halogens is 1. The van der Waals surface area contributed by atoms with Crippen molar-refractivity contribution in [3.63, 3.8) is 0 Å².